The zero-order valence-corrected chi connectivity index (χ0v) is 23.9. The van der Waals surface area contributed by atoms with E-state index < -0.39 is 28.7 Å². The lowest BCUT2D eigenvalue weighted by atomic mass is 10.2. The summed E-state index contributed by atoms with van der Waals surface area (Å²) >= 11 is 6.13. The van der Waals surface area contributed by atoms with E-state index in [9.17, 15) is 29.3 Å². The van der Waals surface area contributed by atoms with Crippen LogP contribution in [0.1, 0.15) is 13.8 Å². The minimum atomic E-state index is -1.00. The van der Waals surface area contributed by atoms with Crippen molar-refractivity contribution in [2.24, 2.45) is 10.2 Å². The highest BCUT2D eigenvalue weighted by Crippen LogP contribution is 2.34. The third-order valence-corrected chi connectivity index (χ3v) is 5.87. The number of azo groups is 1. The van der Waals surface area contributed by atoms with E-state index >= 15 is 0 Å². The Balaban J connectivity index is 1.94. The molecular formula is C28H27ClN6O8. The second-order valence-electron chi connectivity index (χ2n) is 8.74. The number of hydrogen-bond acceptors (Lipinski definition) is 11. The van der Waals surface area contributed by atoms with Crippen molar-refractivity contribution in [1.29, 1.82) is 0 Å². The third kappa shape index (κ3) is 10.2. The van der Waals surface area contributed by atoms with E-state index in [0.29, 0.717) is 11.4 Å². The maximum atomic E-state index is 12.9. The molecule has 2 N–H and O–H groups in total. The molecular weight excluding hydrogens is 584 g/mol. The number of amides is 2. The molecule has 0 fully saturated rings. The average molecular weight is 611 g/mol. The minimum absolute atomic E-state index is 0.0236. The molecule has 14 nitrogen and oxygen atoms in total. The lowest BCUT2D eigenvalue weighted by Crippen LogP contribution is -2.32. The van der Waals surface area contributed by atoms with Crippen LogP contribution in [0.2, 0.25) is 5.02 Å². The van der Waals surface area contributed by atoms with Gasteiger partial charge in [-0.25, -0.2) is 0 Å². The van der Waals surface area contributed by atoms with Crippen molar-refractivity contribution in [3.8, 4) is 0 Å². The standard InChI is InChI=1S/C28H27ClN6O8/c1-18(36)42-14-12-34(13-15-43-19(2)37)21-8-11-25(33-32-24-10-9-22(35(40)41)16-23(24)29)26(17-21)31-28(39)27(38)30-20-6-4-3-5-7-20/h3-11,16-17H,12-15H2,1-2H3,(H,30,38)(H,31,39). The number of anilines is 3. The average Bonchev–Trinajstić information content (AvgIpc) is 2.96. The predicted octanol–water partition coefficient (Wildman–Crippen LogP) is 5.17. The number of nitrogens with zero attached hydrogens (tertiary/aromatic N) is 4. The fourth-order valence-corrected chi connectivity index (χ4v) is 3.78. The van der Waals surface area contributed by atoms with E-state index in [2.05, 4.69) is 20.9 Å². The van der Waals surface area contributed by atoms with Gasteiger partial charge in [-0.3, -0.25) is 29.3 Å². The zero-order valence-electron chi connectivity index (χ0n) is 23.1. The van der Waals surface area contributed by atoms with Crippen LogP contribution < -0.4 is 15.5 Å². The van der Waals surface area contributed by atoms with Crippen molar-refractivity contribution < 1.29 is 33.6 Å². The summed E-state index contributed by atoms with van der Waals surface area (Å²) in [6.45, 7) is 3.01. The molecule has 0 radical (unpaired) electrons. The van der Waals surface area contributed by atoms with Crippen molar-refractivity contribution in [2.75, 3.05) is 41.8 Å². The molecule has 0 aliphatic carbocycles. The van der Waals surface area contributed by atoms with Gasteiger partial charge >= 0.3 is 23.8 Å². The van der Waals surface area contributed by atoms with Crippen LogP contribution in [0.25, 0.3) is 0 Å². The monoisotopic (exact) mass is 610 g/mol. The van der Waals surface area contributed by atoms with E-state index in [1.807, 2.05) is 0 Å². The second-order valence-corrected chi connectivity index (χ2v) is 9.14. The van der Waals surface area contributed by atoms with E-state index in [1.54, 1.807) is 41.3 Å². The van der Waals surface area contributed by atoms with Crippen LogP contribution >= 0.6 is 11.6 Å². The first-order valence-electron chi connectivity index (χ1n) is 12.7. The Bertz CT molecular complexity index is 1510. The van der Waals surface area contributed by atoms with Crippen molar-refractivity contribution in [2.45, 2.75) is 13.8 Å². The Labute approximate surface area is 250 Å². The van der Waals surface area contributed by atoms with Gasteiger partial charge in [0.25, 0.3) is 5.69 Å². The van der Waals surface area contributed by atoms with Crippen LogP contribution in [0.5, 0.6) is 0 Å². The third-order valence-electron chi connectivity index (χ3n) is 5.57. The predicted molar refractivity (Wildman–Crippen MR) is 158 cm³/mol. The molecule has 0 bridgehead atoms. The quantitative estimate of drug-likeness (QED) is 0.0918. The number of non-ortho nitro benzene ring substituents is 1. The fraction of sp³-hybridized carbons (Fsp3) is 0.214. The molecule has 0 spiro atoms. The molecule has 0 heterocycles. The number of carbonyl (C=O) groups is 4. The zero-order chi connectivity index (χ0) is 31.4. The molecule has 0 aromatic heterocycles. The van der Waals surface area contributed by atoms with Gasteiger partial charge in [0.1, 0.15) is 24.6 Å². The van der Waals surface area contributed by atoms with Gasteiger partial charge in [-0.2, -0.15) is 0 Å². The Hall–Kier alpha value is -5.37. The van der Waals surface area contributed by atoms with Crippen molar-refractivity contribution >= 4 is 69.5 Å². The SMILES string of the molecule is CC(=O)OCCN(CCOC(C)=O)c1ccc(N=Nc2ccc([N+](=O)[O-])cc2Cl)c(NC(=O)C(=O)Nc2ccccc2)c1. The molecule has 3 aromatic rings. The lowest BCUT2D eigenvalue weighted by molar-refractivity contribution is -0.384. The van der Waals surface area contributed by atoms with Crippen molar-refractivity contribution in [3.63, 3.8) is 0 Å². The topological polar surface area (TPSA) is 182 Å². The second kappa shape index (κ2) is 15.6. The summed E-state index contributed by atoms with van der Waals surface area (Å²) in [6, 6.07) is 16.7. The first-order chi connectivity index (χ1) is 20.5. The summed E-state index contributed by atoms with van der Waals surface area (Å²) in [7, 11) is 0. The smallest absolute Gasteiger partial charge is 0.314 e. The van der Waals surface area contributed by atoms with E-state index in [-0.39, 0.29) is 54.1 Å². The number of para-hydroxylation sites is 1. The molecule has 0 aliphatic heterocycles. The minimum Gasteiger partial charge on any atom is -0.464 e. The summed E-state index contributed by atoms with van der Waals surface area (Å²) in [5, 5.41) is 24.2. The number of benzene rings is 3. The lowest BCUT2D eigenvalue weighted by Gasteiger charge is -2.25. The number of rotatable bonds is 12. The number of ether oxygens (including phenoxy) is 2. The maximum absolute atomic E-state index is 12.9. The molecule has 0 unspecified atom stereocenters. The van der Waals surface area contributed by atoms with Crippen LogP contribution in [-0.2, 0) is 28.7 Å². The summed E-state index contributed by atoms with van der Waals surface area (Å²) in [5.74, 6) is -2.90. The highest BCUT2D eigenvalue weighted by molar-refractivity contribution is 6.44. The van der Waals surface area contributed by atoms with Crippen LogP contribution in [0.3, 0.4) is 0 Å². The van der Waals surface area contributed by atoms with Gasteiger partial charge in [-0.05, 0) is 36.4 Å². The van der Waals surface area contributed by atoms with Gasteiger partial charge in [0.2, 0.25) is 0 Å². The summed E-state index contributed by atoms with van der Waals surface area (Å²) in [6.07, 6.45) is 0. The van der Waals surface area contributed by atoms with E-state index in [1.165, 1.54) is 38.1 Å². The van der Waals surface area contributed by atoms with Gasteiger partial charge in [-0.15, -0.1) is 10.2 Å². The molecule has 2 amide bonds. The largest absolute Gasteiger partial charge is 0.464 e. The number of halogens is 1. The first kappa shape index (κ1) is 32.1. The molecule has 15 heteroatoms. The molecule has 0 saturated carbocycles. The van der Waals surface area contributed by atoms with Crippen molar-refractivity contribution in [1.82, 2.24) is 0 Å². The normalized spacial score (nSPS) is 10.6. The number of hydrogen-bond donors (Lipinski definition) is 2. The number of nitro groups is 1. The van der Waals surface area contributed by atoms with Gasteiger partial charge < -0.3 is 25.0 Å². The summed E-state index contributed by atoms with van der Waals surface area (Å²) in [5.41, 5.74) is 1.01. The summed E-state index contributed by atoms with van der Waals surface area (Å²) in [4.78, 5) is 60.2. The van der Waals surface area contributed by atoms with Gasteiger partial charge in [0.15, 0.2) is 0 Å². The fourth-order valence-electron chi connectivity index (χ4n) is 3.56. The van der Waals surface area contributed by atoms with Gasteiger partial charge in [-0.1, -0.05) is 29.8 Å². The highest BCUT2D eigenvalue weighted by Gasteiger charge is 2.18. The number of carbonyl (C=O) groups excluding carboxylic acids is 4. The Kier molecular flexibility index (Phi) is 11.6. The molecule has 3 aromatic carbocycles. The molecule has 43 heavy (non-hydrogen) atoms. The maximum Gasteiger partial charge on any atom is 0.314 e. The Morgan fingerprint density at radius 1 is 0.837 bits per heavy atom. The molecule has 3 rings (SSSR count). The van der Waals surface area contributed by atoms with Crippen LogP contribution in [0, 0.1) is 10.1 Å². The Morgan fingerprint density at radius 2 is 1.42 bits per heavy atom. The molecule has 0 saturated heterocycles. The van der Waals surface area contributed by atoms with Crippen molar-refractivity contribution in [3.05, 3.63) is 81.9 Å². The molecule has 0 atom stereocenters. The number of nitrogens with one attached hydrogen (secondary N) is 2. The summed E-state index contributed by atoms with van der Waals surface area (Å²) < 4.78 is 10.1. The number of esters is 2. The van der Waals surface area contributed by atoms with Crippen LogP contribution in [0.15, 0.2) is 77.0 Å². The number of nitro benzene ring substituents is 1. The van der Waals surface area contributed by atoms with E-state index in [0.717, 1.165) is 6.07 Å². The highest BCUT2D eigenvalue weighted by atomic mass is 35.5. The van der Waals surface area contributed by atoms with Crippen LogP contribution in [0.4, 0.5) is 34.1 Å². The van der Waals surface area contributed by atoms with E-state index in [4.69, 9.17) is 21.1 Å². The molecule has 224 valence electrons. The van der Waals surface area contributed by atoms with Crippen LogP contribution in [-0.4, -0.2) is 55.0 Å². The Morgan fingerprint density at radius 3 is 2.00 bits per heavy atom. The van der Waals surface area contributed by atoms with Gasteiger partial charge in [0, 0.05) is 37.4 Å². The van der Waals surface area contributed by atoms with Gasteiger partial charge in [0.05, 0.1) is 28.7 Å². The first-order valence-corrected chi connectivity index (χ1v) is 13.1. The molecule has 0 aliphatic rings.